The Bertz CT molecular complexity index is 1110. The van der Waals surface area contributed by atoms with E-state index < -0.39 is 0 Å². The second kappa shape index (κ2) is 10.5. The highest BCUT2D eigenvalue weighted by Gasteiger charge is 2.28. The Hall–Kier alpha value is -2.71. The van der Waals surface area contributed by atoms with Crippen molar-refractivity contribution in [1.82, 2.24) is 14.9 Å². The zero-order valence-corrected chi connectivity index (χ0v) is 20.5. The molecule has 1 aliphatic heterocycles. The number of hydrogen-bond acceptors (Lipinski definition) is 7. The molecule has 0 N–H and O–H groups in total. The molecule has 1 fully saturated rings. The molecule has 0 unspecified atom stereocenters. The molecule has 3 heterocycles. The van der Waals surface area contributed by atoms with Gasteiger partial charge in [-0.05, 0) is 61.8 Å². The molecule has 1 amide bonds. The molecule has 0 spiro atoms. The van der Waals surface area contributed by atoms with Crippen LogP contribution in [0.3, 0.4) is 0 Å². The highest BCUT2D eigenvalue weighted by atomic mass is 32.1. The number of nitrogens with zero attached hydrogens (tertiary/aromatic N) is 3. The number of aryl methyl sites for hydroxylation is 2. The first-order valence-corrected chi connectivity index (χ1v) is 12.1. The molecule has 0 atom stereocenters. The van der Waals surface area contributed by atoms with Gasteiger partial charge < -0.3 is 19.1 Å². The Balaban J connectivity index is 1.40. The summed E-state index contributed by atoms with van der Waals surface area (Å²) in [6, 6.07) is 8.30. The van der Waals surface area contributed by atoms with Gasteiger partial charge in [-0.1, -0.05) is 12.1 Å². The van der Waals surface area contributed by atoms with Crippen LogP contribution in [-0.2, 0) is 17.8 Å². The van der Waals surface area contributed by atoms with Gasteiger partial charge in [0.2, 0.25) is 5.88 Å². The number of ether oxygens (including phenoxy) is 3. The van der Waals surface area contributed by atoms with Crippen LogP contribution in [0.5, 0.6) is 11.6 Å². The molecule has 2 aromatic heterocycles. The summed E-state index contributed by atoms with van der Waals surface area (Å²) in [5.74, 6) is 2.67. The van der Waals surface area contributed by atoms with Gasteiger partial charge in [0.1, 0.15) is 17.2 Å². The summed E-state index contributed by atoms with van der Waals surface area (Å²) in [6.45, 7) is 3.83. The Kier molecular flexibility index (Phi) is 7.45. The van der Waals surface area contributed by atoms with E-state index in [0.29, 0.717) is 24.2 Å². The zero-order valence-electron chi connectivity index (χ0n) is 19.7. The van der Waals surface area contributed by atoms with Crippen LogP contribution in [0.2, 0.25) is 0 Å². The molecule has 1 saturated heterocycles. The number of hydrogen-bond donors (Lipinski definition) is 0. The van der Waals surface area contributed by atoms with Crippen molar-refractivity contribution in [2.45, 2.75) is 39.2 Å². The van der Waals surface area contributed by atoms with Crippen LogP contribution in [0.15, 0.2) is 24.3 Å². The minimum atomic E-state index is 0.0828. The summed E-state index contributed by atoms with van der Waals surface area (Å²) in [5.41, 5.74) is 2.22. The highest BCUT2D eigenvalue weighted by molar-refractivity contribution is 7.20. The van der Waals surface area contributed by atoms with Crippen LogP contribution >= 0.6 is 11.3 Å². The lowest BCUT2D eigenvalue weighted by atomic mass is 9.90. The average Bonchev–Trinajstić information content (AvgIpc) is 3.19. The summed E-state index contributed by atoms with van der Waals surface area (Å²) in [7, 11) is 4.88. The fourth-order valence-corrected chi connectivity index (χ4v) is 5.58. The van der Waals surface area contributed by atoms with E-state index in [2.05, 4.69) is 22.1 Å². The number of piperidine rings is 1. The number of carbonyl (C=O) groups excluding carboxylic acids is 1. The Morgan fingerprint density at radius 3 is 2.45 bits per heavy atom. The molecular weight excluding hydrogens is 438 g/mol. The summed E-state index contributed by atoms with van der Waals surface area (Å²) < 4.78 is 15.9. The summed E-state index contributed by atoms with van der Waals surface area (Å²) in [6.07, 6.45) is 4.27. The van der Waals surface area contributed by atoms with E-state index >= 15 is 0 Å². The normalized spacial score (nSPS) is 14.6. The van der Waals surface area contributed by atoms with Crippen LogP contribution in [0.1, 0.15) is 45.9 Å². The second-order valence-corrected chi connectivity index (χ2v) is 9.44. The molecule has 33 heavy (non-hydrogen) atoms. The molecule has 3 aromatic rings. The van der Waals surface area contributed by atoms with Gasteiger partial charge in [0.15, 0.2) is 5.82 Å². The SMILES string of the molecule is COCc1nc(OC)c2c(C)c(C(=O)N3CCC(CCc4ccc(OC)cc4)CC3)sc2n1. The number of aromatic nitrogens is 2. The lowest BCUT2D eigenvalue weighted by molar-refractivity contribution is 0.0691. The van der Waals surface area contributed by atoms with E-state index in [-0.39, 0.29) is 5.91 Å². The van der Waals surface area contributed by atoms with Gasteiger partial charge in [-0.15, -0.1) is 11.3 Å². The highest BCUT2D eigenvalue weighted by Crippen LogP contribution is 2.36. The Labute approximate surface area is 198 Å². The van der Waals surface area contributed by atoms with Crippen molar-refractivity contribution in [2.75, 3.05) is 34.4 Å². The number of fused-ring (bicyclic) bond motifs is 1. The standard InChI is InChI=1S/C25H31N3O4S/c1-16-21-23(32-4)26-20(15-30-2)27-24(21)33-22(16)25(29)28-13-11-18(12-14-28)6-5-17-7-9-19(31-3)10-8-17/h7-10,18H,5-6,11-15H2,1-4H3. The molecule has 1 aliphatic rings. The molecule has 7 nitrogen and oxygen atoms in total. The maximum atomic E-state index is 13.4. The van der Waals surface area contributed by atoms with Crippen molar-refractivity contribution in [3.63, 3.8) is 0 Å². The topological polar surface area (TPSA) is 73.8 Å². The van der Waals surface area contributed by atoms with Crippen LogP contribution in [-0.4, -0.2) is 55.2 Å². The number of methoxy groups -OCH3 is 3. The quantitative estimate of drug-likeness (QED) is 0.478. The number of benzene rings is 1. The van der Waals surface area contributed by atoms with E-state index in [4.69, 9.17) is 14.2 Å². The smallest absolute Gasteiger partial charge is 0.264 e. The van der Waals surface area contributed by atoms with Crippen LogP contribution in [0.4, 0.5) is 0 Å². The lowest BCUT2D eigenvalue weighted by Crippen LogP contribution is -2.38. The van der Waals surface area contributed by atoms with Crippen LogP contribution in [0, 0.1) is 12.8 Å². The Morgan fingerprint density at radius 1 is 1.09 bits per heavy atom. The third-order valence-corrected chi connectivity index (χ3v) is 7.54. The van der Waals surface area contributed by atoms with Crippen molar-refractivity contribution < 1.29 is 19.0 Å². The van der Waals surface area contributed by atoms with Gasteiger partial charge in [-0.3, -0.25) is 4.79 Å². The molecule has 1 aromatic carbocycles. The first-order chi connectivity index (χ1) is 16.0. The van der Waals surface area contributed by atoms with E-state index in [1.54, 1.807) is 21.3 Å². The van der Waals surface area contributed by atoms with Gasteiger partial charge in [0.05, 0.1) is 24.5 Å². The van der Waals surface area contributed by atoms with E-state index in [1.807, 2.05) is 24.0 Å². The monoisotopic (exact) mass is 469 g/mol. The largest absolute Gasteiger partial charge is 0.497 e. The number of likely N-dealkylation sites (tertiary alicyclic amines) is 1. The number of thiophene rings is 1. The van der Waals surface area contributed by atoms with Gasteiger partial charge in [0.25, 0.3) is 5.91 Å². The summed E-state index contributed by atoms with van der Waals surface area (Å²) >= 11 is 1.42. The zero-order chi connectivity index (χ0) is 23.4. The van der Waals surface area contributed by atoms with E-state index in [9.17, 15) is 4.79 Å². The van der Waals surface area contributed by atoms with E-state index in [1.165, 1.54) is 16.9 Å². The lowest BCUT2D eigenvalue weighted by Gasteiger charge is -2.32. The van der Waals surface area contributed by atoms with Crippen molar-refractivity contribution >= 4 is 27.5 Å². The second-order valence-electron chi connectivity index (χ2n) is 8.44. The van der Waals surface area contributed by atoms with Gasteiger partial charge in [-0.25, -0.2) is 4.98 Å². The predicted octanol–water partition coefficient (Wildman–Crippen LogP) is 4.65. The molecule has 8 heteroatoms. The van der Waals surface area contributed by atoms with Crippen molar-refractivity contribution in [3.05, 3.63) is 46.1 Å². The molecule has 4 rings (SSSR count). The Morgan fingerprint density at radius 2 is 1.82 bits per heavy atom. The van der Waals surface area contributed by atoms with Gasteiger partial charge in [-0.2, -0.15) is 4.98 Å². The average molecular weight is 470 g/mol. The van der Waals surface area contributed by atoms with Crippen LogP contribution < -0.4 is 9.47 Å². The minimum Gasteiger partial charge on any atom is -0.497 e. The first-order valence-electron chi connectivity index (χ1n) is 11.3. The first kappa shape index (κ1) is 23.4. The minimum absolute atomic E-state index is 0.0828. The molecule has 176 valence electrons. The molecule has 0 radical (unpaired) electrons. The summed E-state index contributed by atoms with van der Waals surface area (Å²) in [5, 5.41) is 0.820. The maximum absolute atomic E-state index is 13.4. The maximum Gasteiger partial charge on any atom is 0.264 e. The molecule has 0 saturated carbocycles. The molecular formula is C25H31N3O4S. The van der Waals surface area contributed by atoms with Crippen molar-refractivity contribution in [1.29, 1.82) is 0 Å². The van der Waals surface area contributed by atoms with Crippen molar-refractivity contribution in [3.8, 4) is 11.6 Å². The number of amides is 1. The number of carbonyl (C=O) groups is 1. The molecule has 0 bridgehead atoms. The summed E-state index contributed by atoms with van der Waals surface area (Å²) in [4.78, 5) is 25.9. The fraction of sp³-hybridized carbons (Fsp3) is 0.480. The predicted molar refractivity (Wildman–Crippen MR) is 129 cm³/mol. The van der Waals surface area contributed by atoms with Gasteiger partial charge >= 0.3 is 0 Å². The molecule has 0 aliphatic carbocycles. The third kappa shape index (κ3) is 5.12. The third-order valence-electron chi connectivity index (χ3n) is 6.37. The number of rotatable bonds is 8. The van der Waals surface area contributed by atoms with Crippen LogP contribution in [0.25, 0.3) is 10.2 Å². The van der Waals surface area contributed by atoms with Gasteiger partial charge in [0, 0.05) is 20.2 Å². The van der Waals surface area contributed by atoms with Crippen molar-refractivity contribution in [2.24, 2.45) is 5.92 Å². The van der Waals surface area contributed by atoms with E-state index in [0.717, 1.165) is 65.2 Å². The fourth-order valence-electron chi connectivity index (χ4n) is 4.42.